The number of hydrogen-bond acceptors (Lipinski definition) is 5. The van der Waals surface area contributed by atoms with Crippen molar-refractivity contribution in [1.82, 2.24) is 9.78 Å². The second-order valence-corrected chi connectivity index (χ2v) is 8.98. The van der Waals surface area contributed by atoms with Gasteiger partial charge in [0.15, 0.2) is 0 Å². The van der Waals surface area contributed by atoms with Gasteiger partial charge in [-0.15, -0.1) is 0 Å². The minimum absolute atomic E-state index is 0. The third-order valence-corrected chi connectivity index (χ3v) is 5.03. The summed E-state index contributed by atoms with van der Waals surface area (Å²) in [6.45, 7) is 5.42. The van der Waals surface area contributed by atoms with E-state index < -0.39 is 46.7 Å². The monoisotopic (exact) mass is 424 g/mol. The molecule has 0 unspecified atom stereocenters. The number of aromatic nitrogens is 2. The zero-order chi connectivity index (χ0) is 18.5. The molecule has 0 radical (unpaired) electrons. The minimum atomic E-state index is -4.74. The zero-order valence-corrected chi connectivity index (χ0v) is 14.6. The maximum atomic E-state index is 12.2. The molecule has 26 heavy (non-hydrogen) atoms. The van der Waals surface area contributed by atoms with Gasteiger partial charge in [0, 0.05) is 17.2 Å². The van der Waals surface area contributed by atoms with Gasteiger partial charge >= 0.3 is 59.1 Å². The van der Waals surface area contributed by atoms with Crippen LogP contribution in [-0.4, -0.2) is 94.8 Å². The van der Waals surface area contributed by atoms with Crippen LogP contribution >= 0.6 is 0 Å². The van der Waals surface area contributed by atoms with Crippen molar-refractivity contribution < 1.29 is 25.9 Å². The zero-order valence-electron chi connectivity index (χ0n) is 13.0. The van der Waals surface area contributed by atoms with E-state index in [9.17, 15) is 26.2 Å². The van der Waals surface area contributed by atoms with Gasteiger partial charge < -0.3 is 0 Å². The Bertz CT molecular complexity index is 1060. The van der Waals surface area contributed by atoms with Crippen LogP contribution in [0.4, 0.5) is 0 Å². The van der Waals surface area contributed by atoms with E-state index in [-0.39, 0.29) is 59.1 Å². The molecular formula is C13H18N2Na2O7S2. The Morgan fingerprint density at radius 2 is 1.50 bits per heavy atom. The Morgan fingerprint density at radius 3 is 1.88 bits per heavy atom. The third-order valence-electron chi connectivity index (χ3n) is 3.28. The summed E-state index contributed by atoms with van der Waals surface area (Å²) < 4.78 is 64.8. The number of aromatic amines is 1. The van der Waals surface area contributed by atoms with E-state index in [4.69, 9.17) is 4.55 Å². The fraction of sp³-hybridized carbons (Fsp3) is 0.308. The number of benzene rings is 1. The van der Waals surface area contributed by atoms with Crippen LogP contribution in [0.1, 0.15) is 26.5 Å². The molecule has 0 saturated heterocycles. The number of hydrogen-bond donors (Lipinski definition) is 3. The second kappa shape index (κ2) is 8.60. The first-order valence-electron chi connectivity index (χ1n) is 6.63. The molecule has 0 fully saturated rings. The van der Waals surface area contributed by atoms with Gasteiger partial charge in [-0.2, -0.15) is 16.8 Å². The maximum absolute atomic E-state index is 12.2. The Hall–Kier alpha value is 0.0500. The van der Waals surface area contributed by atoms with Crippen molar-refractivity contribution in [3.8, 4) is 5.69 Å². The average molecular weight is 424 g/mol. The molecule has 1 heterocycles. The molecule has 136 valence electrons. The fourth-order valence-corrected chi connectivity index (χ4v) is 3.16. The average Bonchev–Trinajstić information content (AvgIpc) is 2.78. The van der Waals surface area contributed by atoms with Crippen LogP contribution in [0.3, 0.4) is 0 Å². The first-order valence-corrected chi connectivity index (χ1v) is 9.51. The van der Waals surface area contributed by atoms with Gasteiger partial charge in [-0.1, -0.05) is 20.8 Å². The molecule has 0 aliphatic rings. The molecule has 2 aromatic rings. The Morgan fingerprint density at radius 1 is 0.962 bits per heavy atom. The van der Waals surface area contributed by atoms with Crippen molar-refractivity contribution in [3.63, 3.8) is 0 Å². The standard InChI is InChI=1S/C13H16N2O7S2.2Na.2H/c1-13(2,3)11-7-12(16)15(14-11)9-6-8(23(17,18)19)4-5-10(9)24(20,21)22;;;;/h4-7,14H,1-3H3,(H,17,18,19)(H,20,21,22);;;;. The van der Waals surface area contributed by atoms with Crippen LogP contribution in [-0.2, 0) is 25.7 Å². The van der Waals surface area contributed by atoms with Crippen molar-refractivity contribution in [2.45, 2.75) is 36.0 Å². The summed E-state index contributed by atoms with van der Waals surface area (Å²) in [5.41, 5.74) is -1.08. The molecule has 2 rings (SSSR count). The Labute approximate surface area is 195 Å². The number of rotatable bonds is 3. The Kier molecular flexibility index (Phi) is 8.61. The fourth-order valence-electron chi connectivity index (χ4n) is 2.01. The normalized spacial score (nSPS) is 12.2. The molecule has 0 bridgehead atoms. The summed E-state index contributed by atoms with van der Waals surface area (Å²) in [6, 6.07) is 3.61. The van der Waals surface area contributed by atoms with Crippen LogP contribution in [0.5, 0.6) is 0 Å². The molecule has 13 heteroatoms. The van der Waals surface area contributed by atoms with Gasteiger partial charge in [-0.25, -0.2) is 4.68 Å². The van der Waals surface area contributed by atoms with Gasteiger partial charge in [0.2, 0.25) is 0 Å². The quantitative estimate of drug-likeness (QED) is 0.451. The number of nitrogens with zero attached hydrogens (tertiary/aromatic N) is 1. The van der Waals surface area contributed by atoms with Crippen molar-refractivity contribution in [1.29, 1.82) is 0 Å². The molecule has 9 nitrogen and oxygen atoms in total. The predicted molar refractivity (Wildman–Crippen MR) is 99.0 cm³/mol. The van der Waals surface area contributed by atoms with E-state index in [1.165, 1.54) is 6.07 Å². The molecule has 3 N–H and O–H groups in total. The van der Waals surface area contributed by atoms with E-state index in [2.05, 4.69) is 5.10 Å². The van der Waals surface area contributed by atoms with E-state index in [0.717, 1.165) is 22.9 Å². The van der Waals surface area contributed by atoms with E-state index in [1.807, 2.05) is 0 Å². The molecule has 1 aromatic heterocycles. The van der Waals surface area contributed by atoms with E-state index >= 15 is 0 Å². The van der Waals surface area contributed by atoms with Crippen LogP contribution in [0.25, 0.3) is 5.69 Å². The van der Waals surface area contributed by atoms with Gasteiger partial charge in [-0.05, 0) is 18.2 Å². The molecular weight excluding hydrogens is 406 g/mol. The molecule has 0 spiro atoms. The van der Waals surface area contributed by atoms with E-state index in [0.29, 0.717) is 5.69 Å². The van der Waals surface area contributed by atoms with Gasteiger partial charge in [0.25, 0.3) is 25.8 Å². The molecule has 0 amide bonds. The second-order valence-electron chi connectivity index (χ2n) is 6.17. The SMILES string of the molecule is CC(C)(C)c1cc(=O)n(-c2cc(S(=O)(=O)O)ccc2S(=O)(=O)O)[nH]1.[NaH].[NaH]. The summed E-state index contributed by atoms with van der Waals surface area (Å²) in [5, 5.41) is 2.68. The summed E-state index contributed by atoms with van der Waals surface area (Å²) >= 11 is 0. The van der Waals surface area contributed by atoms with Crippen molar-refractivity contribution in [2.75, 3.05) is 0 Å². The Balaban J connectivity index is 0.00000312. The predicted octanol–water partition coefficient (Wildman–Crippen LogP) is -0.341. The summed E-state index contributed by atoms with van der Waals surface area (Å²) in [6.07, 6.45) is 0. The number of nitrogens with one attached hydrogen (secondary N) is 1. The van der Waals surface area contributed by atoms with Gasteiger partial charge in [0.1, 0.15) is 4.90 Å². The molecule has 0 atom stereocenters. The van der Waals surface area contributed by atoms with Crippen LogP contribution < -0.4 is 5.56 Å². The molecule has 1 aromatic carbocycles. The van der Waals surface area contributed by atoms with Crippen molar-refractivity contribution in [3.05, 3.63) is 40.3 Å². The van der Waals surface area contributed by atoms with E-state index in [1.54, 1.807) is 20.8 Å². The first kappa shape index (κ1) is 26.1. The van der Waals surface area contributed by atoms with Crippen molar-refractivity contribution >= 4 is 79.4 Å². The van der Waals surface area contributed by atoms with Gasteiger partial charge in [0.05, 0.1) is 10.6 Å². The summed E-state index contributed by atoms with van der Waals surface area (Å²) in [7, 11) is -9.38. The molecule has 0 saturated carbocycles. The summed E-state index contributed by atoms with van der Waals surface area (Å²) in [5.74, 6) is 0. The third kappa shape index (κ3) is 5.77. The van der Waals surface area contributed by atoms with Crippen LogP contribution in [0, 0.1) is 0 Å². The van der Waals surface area contributed by atoms with Crippen LogP contribution in [0.15, 0.2) is 38.9 Å². The van der Waals surface area contributed by atoms with Crippen molar-refractivity contribution in [2.24, 2.45) is 0 Å². The molecule has 0 aliphatic heterocycles. The molecule has 0 aliphatic carbocycles. The van der Waals surface area contributed by atoms with Gasteiger partial charge in [-0.3, -0.25) is 19.0 Å². The summed E-state index contributed by atoms with van der Waals surface area (Å²) in [4.78, 5) is 10.9. The first-order chi connectivity index (χ1) is 10.7. The number of H-pyrrole nitrogens is 1. The topological polar surface area (TPSA) is 147 Å². The van der Waals surface area contributed by atoms with Crippen LogP contribution in [0.2, 0.25) is 0 Å².